The van der Waals surface area contributed by atoms with Crippen LogP contribution in [0.1, 0.15) is 24.0 Å². The summed E-state index contributed by atoms with van der Waals surface area (Å²) >= 11 is 0. The largest absolute Gasteiger partial charge is 0.370 e. The molecule has 0 amide bonds. The Bertz CT molecular complexity index is 592. The molecule has 2 nitrogen and oxygen atoms in total. The molecular formula is C20H24N2. The van der Waals surface area contributed by atoms with Crippen LogP contribution in [-0.2, 0) is 12.8 Å². The van der Waals surface area contributed by atoms with Gasteiger partial charge in [-0.05, 0) is 48.9 Å². The highest BCUT2D eigenvalue weighted by Gasteiger charge is 2.19. The first kappa shape index (κ1) is 13.7. The zero-order valence-corrected chi connectivity index (χ0v) is 13.2. The van der Waals surface area contributed by atoms with Crippen molar-refractivity contribution in [2.24, 2.45) is 0 Å². The maximum absolute atomic E-state index is 2.58. The summed E-state index contributed by atoms with van der Waals surface area (Å²) in [6.45, 7) is 4.66. The molecule has 114 valence electrons. The summed E-state index contributed by atoms with van der Waals surface area (Å²) in [6, 6.07) is 17.8. The highest BCUT2D eigenvalue weighted by molar-refractivity contribution is 5.57. The molecule has 0 fully saturated rings. The van der Waals surface area contributed by atoms with Gasteiger partial charge in [-0.3, -0.25) is 0 Å². The van der Waals surface area contributed by atoms with E-state index in [0.717, 1.165) is 13.1 Å². The number of fused-ring (bicyclic) bond motifs is 2. The SMILES string of the molecule is c1ccc2c(c1)CCCN2CCN1CCCc2ccccc21. The number of hydrogen-bond donors (Lipinski definition) is 0. The number of rotatable bonds is 3. The monoisotopic (exact) mass is 292 g/mol. The average Bonchev–Trinajstić information content (AvgIpc) is 2.60. The predicted octanol–water partition coefficient (Wildman–Crippen LogP) is 3.89. The van der Waals surface area contributed by atoms with Gasteiger partial charge in [-0.1, -0.05) is 36.4 Å². The van der Waals surface area contributed by atoms with Crippen molar-refractivity contribution in [1.82, 2.24) is 0 Å². The van der Waals surface area contributed by atoms with E-state index in [1.165, 1.54) is 61.3 Å². The van der Waals surface area contributed by atoms with E-state index in [1.54, 1.807) is 0 Å². The molecule has 0 unspecified atom stereocenters. The van der Waals surface area contributed by atoms with E-state index in [0.29, 0.717) is 0 Å². The molecule has 0 aliphatic carbocycles. The molecule has 0 radical (unpaired) electrons. The van der Waals surface area contributed by atoms with Gasteiger partial charge >= 0.3 is 0 Å². The second-order valence-corrected chi connectivity index (χ2v) is 6.44. The van der Waals surface area contributed by atoms with Gasteiger partial charge in [0.05, 0.1) is 0 Å². The van der Waals surface area contributed by atoms with E-state index in [-0.39, 0.29) is 0 Å². The standard InChI is InChI=1S/C20H24N2/c1-3-11-19-17(7-1)9-5-13-21(19)15-16-22-14-6-10-18-8-2-4-12-20(18)22/h1-4,7-8,11-12H,5-6,9-10,13-16H2. The van der Waals surface area contributed by atoms with Crippen LogP contribution in [0.25, 0.3) is 0 Å². The van der Waals surface area contributed by atoms with Crippen molar-refractivity contribution < 1.29 is 0 Å². The third-order valence-electron chi connectivity index (χ3n) is 5.05. The smallest absolute Gasteiger partial charge is 0.0399 e. The van der Waals surface area contributed by atoms with Crippen molar-refractivity contribution in [3.8, 4) is 0 Å². The molecule has 0 atom stereocenters. The molecule has 0 saturated heterocycles. The van der Waals surface area contributed by atoms with E-state index in [4.69, 9.17) is 0 Å². The minimum atomic E-state index is 1.13. The van der Waals surface area contributed by atoms with Gasteiger partial charge in [0.15, 0.2) is 0 Å². The molecule has 4 rings (SSSR count). The molecule has 0 saturated carbocycles. The summed E-state index contributed by atoms with van der Waals surface area (Å²) in [6.07, 6.45) is 5.04. The van der Waals surface area contributed by atoms with Crippen LogP contribution in [0.15, 0.2) is 48.5 Å². The van der Waals surface area contributed by atoms with Gasteiger partial charge in [-0.15, -0.1) is 0 Å². The van der Waals surface area contributed by atoms with Crippen LogP contribution in [0.2, 0.25) is 0 Å². The van der Waals surface area contributed by atoms with Crippen LogP contribution in [0, 0.1) is 0 Å². The zero-order chi connectivity index (χ0) is 14.8. The minimum Gasteiger partial charge on any atom is -0.370 e. The van der Waals surface area contributed by atoms with E-state index in [1.807, 2.05) is 0 Å². The first-order valence-electron chi connectivity index (χ1n) is 8.57. The summed E-state index contributed by atoms with van der Waals surface area (Å²) in [5.41, 5.74) is 5.96. The number of aryl methyl sites for hydroxylation is 2. The Morgan fingerprint density at radius 1 is 0.636 bits per heavy atom. The summed E-state index contributed by atoms with van der Waals surface area (Å²) in [4.78, 5) is 5.16. The Hall–Kier alpha value is -1.96. The van der Waals surface area contributed by atoms with E-state index >= 15 is 0 Å². The predicted molar refractivity (Wildman–Crippen MR) is 94.0 cm³/mol. The van der Waals surface area contributed by atoms with Gasteiger partial charge < -0.3 is 9.80 Å². The molecule has 2 heteroatoms. The van der Waals surface area contributed by atoms with Crippen LogP contribution in [0.5, 0.6) is 0 Å². The fourth-order valence-corrected chi connectivity index (χ4v) is 3.93. The lowest BCUT2D eigenvalue weighted by molar-refractivity contribution is 0.645. The lowest BCUT2D eigenvalue weighted by Gasteiger charge is -2.36. The number of hydrogen-bond acceptors (Lipinski definition) is 2. The summed E-state index contributed by atoms with van der Waals surface area (Å²) in [5, 5.41) is 0. The number of benzene rings is 2. The zero-order valence-electron chi connectivity index (χ0n) is 13.2. The molecule has 0 spiro atoms. The Kier molecular flexibility index (Phi) is 3.75. The Morgan fingerprint density at radius 3 is 1.59 bits per heavy atom. The molecule has 2 aromatic carbocycles. The van der Waals surface area contributed by atoms with Gasteiger partial charge in [-0.2, -0.15) is 0 Å². The van der Waals surface area contributed by atoms with Gasteiger partial charge in [-0.25, -0.2) is 0 Å². The average molecular weight is 292 g/mol. The van der Waals surface area contributed by atoms with E-state index in [9.17, 15) is 0 Å². The van der Waals surface area contributed by atoms with Crippen LogP contribution >= 0.6 is 0 Å². The van der Waals surface area contributed by atoms with Gasteiger partial charge in [0.2, 0.25) is 0 Å². The molecule has 2 aliphatic rings. The van der Waals surface area contributed by atoms with E-state index in [2.05, 4.69) is 58.3 Å². The van der Waals surface area contributed by atoms with Crippen molar-refractivity contribution in [1.29, 1.82) is 0 Å². The summed E-state index contributed by atoms with van der Waals surface area (Å²) in [5.74, 6) is 0. The van der Waals surface area contributed by atoms with Crippen molar-refractivity contribution in [3.05, 3.63) is 59.7 Å². The molecule has 0 aromatic heterocycles. The minimum absolute atomic E-state index is 1.13. The van der Waals surface area contributed by atoms with Gasteiger partial charge in [0, 0.05) is 37.6 Å². The van der Waals surface area contributed by atoms with Crippen molar-refractivity contribution in [2.75, 3.05) is 36.0 Å². The van der Waals surface area contributed by atoms with Gasteiger partial charge in [0.1, 0.15) is 0 Å². The first-order chi connectivity index (χ1) is 10.9. The highest BCUT2D eigenvalue weighted by Crippen LogP contribution is 2.29. The Morgan fingerprint density at radius 2 is 1.09 bits per heavy atom. The Balaban J connectivity index is 1.48. The number of para-hydroxylation sites is 2. The van der Waals surface area contributed by atoms with Crippen LogP contribution in [0.3, 0.4) is 0 Å². The fraction of sp³-hybridized carbons (Fsp3) is 0.400. The highest BCUT2D eigenvalue weighted by atomic mass is 15.2. The van der Waals surface area contributed by atoms with Crippen LogP contribution < -0.4 is 9.80 Å². The topological polar surface area (TPSA) is 6.48 Å². The summed E-state index contributed by atoms with van der Waals surface area (Å²) < 4.78 is 0. The van der Waals surface area contributed by atoms with E-state index < -0.39 is 0 Å². The van der Waals surface area contributed by atoms with Gasteiger partial charge in [0.25, 0.3) is 0 Å². The molecule has 2 aliphatic heterocycles. The van der Waals surface area contributed by atoms with Crippen LogP contribution in [0.4, 0.5) is 11.4 Å². The third-order valence-corrected chi connectivity index (χ3v) is 5.05. The molecule has 2 aromatic rings. The number of anilines is 2. The maximum atomic E-state index is 2.58. The second-order valence-electron chi connectivity index (χ2n) is 6.44. The second kappa shape index (κ2) is 6.04. The van der Waals surface area contributed by atoms with Crippen molar-refractivity contribution in [3.63, 3.8) is 0 Å². The molecular weight excluding hydrogens is 268 g/mol. The molecule has 0 bridgehead atoms. The first-order valence-corrected chi connectivity index (χ1v) is 8.57. The van der Waals surface area contributed by atoms with Crippen LogP contribution in [-0.4, -0.2) is 26.2 Å². The summed E-state index contributed by atoms with van der Waals surface area (Å²) in [7, 11) is 0. The maximum Gasteiger partial charge on any atom is 0.0399 e. The lowest BCUT2D eigenvalue weighted by atomic mass is 10.0. The quantitative estimate of drug-likeness (QED) is 0.847. The molecule has 2 heterocycles. The molecule has 22 heavy (non-hydrogen) atoms. The van der Waals surface area contributed by atoms with Crippen molar-refractivity contribution >= 4 is 11.4 Å². The Labute approximate surface area is 133 Å². The van der Waals surface area contributed by atoms with Crippen molar-refractivity contribution in [2.45, 2.75) is 25.7 Å². The fourth-order valence-electron chi connectivity index (χ4n) is 3.93. The lowest BCUT2D eigenvalue weighted by Crippen LogP contribution is -2.39. The molecule has 0 N–H and O–H groups in total. The normalized spacial score (nSPS) is 17.1. The number of nitrogens with zero attached hydrogens (tertiary/aromatic N) is 2. The third kappa shape index (κ3) is 2.58.